The molecule has 76 valence electrons. The first-order valence-electron chi connectivity index (χ1n) is 3.91. The first-order chi connectivity index (χ1) is 5.37. The van der Waals surface area contributed by atoms with Crippen molar-refractivity contribution in [1.82, 2.24) is 0 Å². The van der Waals surface area contributed by atoms with Crippen molar-refractivity contribution >= 4 is 26.3 Å². The SMILES string of the molecule is CCCCS(Cl)(CC)P(=O)(O)O. The molecule has 0 amide bonds. The number of halogens is 1. The molecule has 6 heteroatoms. The third-order valence-corrected chi connectivity index (χ3v) is 10.9. The van der Waals surface area contributed by atoms with E-state index in [9.17, 15) is 4.57 Å². The van der Waals surface area contributed by atoms with Crippen LogP contribution >= 0.6 is 26.3 Å². The lowest BCUT2D eigenvalue weighted by Gasteiger charge is -2.31. The average molecular weight is 235 g/mol. The van der Waals surface area contributed by atoms with Gasteiger partial charge in [-0.15, -0.1) is 0 Å². The summed E-state index contributed by atoms with van der Waals surface area (Å²) >= 11 is 0. The molecule has 0 saturated heterocycles. The lowest BCUT2D eigenvalue weighted by molar-refractivity contribution is 0.396. The molecule has 0 saturated carbocycles. The second-order valence-corrected chi connectivity index (χ2v) is 12.0. The molecular weight excluding hydrogens is 219 g/mol. The highest BCUT2D eigenvalue weighted by atomic mass is 35.7. The fourth-order valence-corrected chi connectivity index (χ4v) is 4.83. The van der Waals surface area contributed by atoms with Gasteiger partial charge in [0, 0.05) is 5.75 Å². The number of hydrogen-bond donors (Lipinski definition) is 2. The number of rotatable bonds is 5. The Morgan fingerprint density at radius 1 is 1.42 bits per heavy atom. The van der Waals surface area contributed by atoms with E-state index in [1.165, 1.54) is 0 Å². The molecule has 0 aromatic carbocycles. The monoisotopic (exact) mass is 234 g/mol. The van der Waals surface area contributed by atoms with Crippen LogP contribution in [-0.4, -0.2) is 21.3 Å². The van der Waals surface area contributed by atoms with Crippen molar-refractivity contribution in [3.05, 3.63) is 0 Å². The van der Waals surface area contributed by atoms with Crippen molar-refractivity contribution in [1.29, 1.82) is 0 Å². The van der Waals surface area contributed by atoms with Crippen LogP contribution in [0.1, 0.15) is 26.7 Å². The minimum atomic E-state index is -4.07. The summed E-state index contributed by atoms with van der Waals surface area (Å²) < 4.78 is 11.0. The van der Waals surface area contributed by atoms with Gasteiger partial charge in [0.05, 0.1) is 0 Å². The summed E-state index contributed by atoms with van der Waals surface area (Å²) in [6.45, 7) is -0.357. The third-order valence-electron chi connectivity index (χ3n) is 1.68. The van der Waals surface area contributed by atoms with Crippen molar-refractivity contribution in [2.24, 2.45) is 0 Å². The highest BCUT2D eigenvalue weighted by molar-refractivity contribution is 8.87. The van der Waals surface area contributed by atoms with Gasteiger partial charge in [-0.25, -0.2) is 4.57 Å². The maximum atomic E-state index is 11.0. The van der Waals surface area contributed by atoms with Gasteiger partial charge < -0.3 is 9.79 Å². The van der Waals surface area contributed by atoms with Gasteiger partial charge in [0.15, 0.2) is 0 Å². The molecule has 1 atom stereocenters. The highest BCUT2D eigenvalue weighted by Gasteiger charge is 2.37. The van der Waals surface area contributed by atoms with E-state index in [1.54, 1.807) is 6.92 Å². The third kappa shape index (κ3) is 3.27. The van der Waals surface area contributed by atoms with Crippen molar-refractivity contribution in [2.45, 2.75) is 26.7 Å². The summed E-state index contributed by atoms with van der Waals surface area (Å²) in [4.78, 5) is 18.0. The summed E-state index contributed by atoms with van der Waals surface area (Å²) in [5.41, 5.74) is 0. The molecule has 0 heterocycles. The standard InChI is InChI=1S/C6H16ClO3PS/c1-3-5-6-12(7,4-2)11(8,9)10/h3-6H2,1-2H3,(H2,8,9,10). The summed E-state index contributed by atoms with van der Waals surface area (Å²) in [5.74, 6) is 0.852. The van der Waals surface area contributed by atoms with Crippen molar-refractivity contribution < 1.29 is 14.4 Å². The zero-order chi connectivity index (χ0) is 9.83. The van der Waals surface area contributed by atoms with E-state index in [1.807, 2.05) is 6.92 Å². The van der Waals surface area contributed by atoms with Gasteiger partial charge in [-0.3, -0.25) is 0 Å². The Bertz CT molecular complexity index is 184. The van der Waals surface area contributed by atoms with Gasteiger partial charge in [0.1, 0.15) is 0 Å². The molecule has 3 nitrogen and oxygen atoms in total. The first-order valence-corrected chi connectivity index (χ1v) is 8.93. The van der Waals surface area contributed by atoms with Crippen LogP contribution in [0.15, 0.2) is 0 Å². The molecule has 0 aliphatic rings. The lowest BCUT2D eigenvalue weighted by Crippen LogP contribution is -2.01. The minimum Gasteiger partial charge on any atom is -0.317 e. The molecule has 0 aromatic rings. The van der Waals surface area contributed by atoms with Crippen molar-refractivity contribution in [3.63, 3.8) is 0 Å². The molecule has 2 N–H and O–H groups in total. The maximum absolute atomic E-state index is 11.0. The van der Waals surface area contributed by atoms with Gasteiger partial charge in [-0.05, 0) is 12.2 Å². The van der Waals surface area contributed by atoms with E-state index in [0.29, 0.717) is 11.5 Å². The summed E-state index contributed by atoms with van der Waals surface area (Å²) in [6.07, 6.45) is 1.71. The molecule has 1 unspecified atom stereocenters. The van der Waals surface area contributed by atoms with Gasteiger partial charge >= 0.3 is 6.80 Å². The fourth-order valence-electron chi connectivity index (χ4n) is 0.797. The Balaban J connectivity index is 4.35. The van der Waals surface area contributed by atoms with Crippen molar-refractivity contribution in [2.75, 3.05) is 11.5 Å². The molecule has 0 bridgehead atoms. The van der Waals surface area contributed by atoms with Crippen LogP contribution in [0.3, 0.4) is 0 Å². The van der Waals surface area contributed by atoms with Crippen LogP contribution in [0.25, 0.3) is 0 Å². The zero-order valence-corrected chi connectivity index (χ0v) is 9.83. The van der Waals surface area contributed by atoms with Gasteiger partial charge in [0.25, 0.3) is 0 Å². The largest absolute Gasteiger partial charge is 0.379 e. The predicted molar refractivity (Wildman–Crippen MR) is 55.8 cm³/mol. The Morgan fingerprint density at radius 2 is 1.92 bits per heavy atom. The van der Waals surface area contributed by atoms with E-state index < -0.39 is 15.7 Å². The fraction of sp³-hybridized carbons (Fsp3) is 1.00. The average Bonchev–Trinajstić information content (AvgIpc) is 1.98. The van der Waals surface area contributed by atoms with Crippen LogP contribution in [-0.2, 0) is 4.57 Å². The summed E-state index contributed by atoms with van der Waals surface area (Å²) in [6, 6.07) is 0. The first kappa shape index (κ1) is 12.8. The van der Waals surface area contributed by atoms with Gasteiger partial charge in [0.2, 0.25) is 0 Å². The smallest absolute Gasteiger partial charge is 0.317 e. The van der Waals surface area contributed by atoms with E-state index in [-0.39, 0.29) is 0 Å². The van der Waals surface area contributed by atoms with Crippen molar-refractivity contribution in [3.8, 4) is 0 Å². The quantitative estimate of drug-likeness (QED) is 0.720. The molecule has 0 aliphatic heterocycles. The van der Waals surface area contributed by atoms with Crippen LogP contribution in [0.4, 0.5) is 0 Å². The summed E-state index contributed by atoms with van der Waals surface area (Å²) in [7, 11) is 3.68. The molecule has 0 rings (SSSR count). The van der Waals surface area contributed by atoms with E-state index in [4.69, 9.17) is 20.5 Å². The molecule has 0 fully saturated rings. The van der Waals surface area contributed by atoms with Crippen LogP contribution < -0.4 is 0 Å². The predicted octanol–water partition coefficient (Wildman–Crippen LogP) is 2.86. The van der Waals surface area contributed by atoms with Gasteiger partial charge in [-0.2, -0.15) is 0 Å². The zero-order valence-electron chi connectivity index (χ0n) is 7.36. The van der Waals surface area contributed by atoms with E-state index >= 15 is 0 Å². The number of unbranched alkanes of at least 4 members (excludes halogenated alkanes) is 1. The second-order valence-electron chi connectivity index (χ2n) is 2.59. The number of hydrogen-bond acceptors (Lipinski definition) is 1. The maximum Gasteiger partial charge on any atom is 0.379 e. The van der Waals surface area contributed by atoms with Crippen LogP contribution in [0.2, 0.25) is 0 Å². The normalized spacial score (nSPS) is 20.1. The Hall–Kier alpha value is 0.790. The Morgan fingerprint density at radius 3 is 2.17 bits per heavy atom. The molecular formula is C6H16ClO3PS. The highest BCUT2D eigenvalue weighted by Crippen LogP contribution is 2.80. The van der Waals surface area contributed by atoms with E-state index in [0.717, 1.165) is 12.8 Å². The Labute approximate surface area is 79.2 Å². The van der Waals surface area contributed by atoms with Crippen LogP contribution in [0.5, 0.6) is 0 Å². The summed E-state index contributed by atoms with van der Waals surface area (Å²) in [5, 5.41) is 0. The Kier molecular flexibility index (Phi) is 5.19. The lowest BCUT2D eigenvalue weighted by atomic mass is 10.4. The molecule has 0 spiro atoms. The topological polar surface area (TPSA) is 57.5 Å². The van der Waals surface area contributed by atoms with E-state index in [2.05, 4.69) is 0 Å². The molecule has 0 radical (unpaired) electrons. The second kappa shape index (κ2) is 4.87. The molecule has 0 aliphatic carbocycles. The molecule has 12 heavy (non-hydrogen) atoms. The van der Waals surface area contributed by atoms with Gasteiger partial charge in [-0.1, -0.05) is 39.8 Å². The minimum absolute atomic E-state index is 0.388. The molecule has 0 aromatic heterocycles. The van der Waals surface area contributed by atoms with Crippen LogP contribution in [0, 0.1) is 0 Å².